The van der Waals surface area contributed by atoms with Crippen LogP contribution < -0.4 is 10.6 Å². The van der Waals surface area contributed by atoms with Crippen molar-refractivity contribution in [1.82, 2.24) is 15.6 Å². The van der Waals surface area contributed by atoms with E-state index in [4.69, 9.17) is 4.74 Å². The number of carbonyl (C=O) groups excluding carboxylic acids is 2. The lowest BCUT2D eigenvalue weighted by atomic mass is 10.1. The third-order valence-electron chi connectivity index (χ3n) is 3.43. The number of ether oxygens (including phenoxy) is 1. The lowest BCUT2D eigenvalue weighted by Gasteiger charge is -2.11. The molecule has 8 heteroatoms. The van der Waals surface area contributed by atoms with Crippen molar-refractivity contribution in [3.05, 3.63) is 72.8 Å². The first-order valence-corrected chi connectivity index (χ1v) is 7.77. The van der Waals surface area contributed by atoms with Crippen LogP contribution in [0.25, 0.3) is 16.9 Å². The smallest absolute Gasteiger partial charge is 0.286 e. The van der Waals surface area contributed by atoms with Gasteiger partial charge < -0.3 is 15.4 Å². The topological polar surface area (TPSA) is 80.3 Å². The van der Waals surface area contributed by atoms with Gasteiger partial charge in [-0.05, 0) is 23.8 Å². The van der Waals surface area contributed by atoms with Gasteiger partial charge in [0.1, 0.15) is 23.1 Å². The van der Waals surface area contributed by atoms with Gasteiger partial charge in [-0.1, -0.05) is 19.2 Å². The Hall–Kier alpha value is -3.55. The van der Waals surface area contributed by atoms with Gasteiger partial charge in [-0.3, -0.25) is 14.6 Å². The van der Waals surface area contributed by atoms with E-state index in [1.807, 2.05) is 0 Å². The van der Waals surface area contributed by atoms with Gasteiger partial charge in [-0.25, -0.2) is 8.78 Å². The Morgan fingerprint density at radius 2 is 1.78 bits per heavy atom. The van der Waals surface area contributed by atoms with Crippen LogP contribution in [-0.4, -0.2) is 30.4 Å². The van der Waals surface area contributed by atoms with Crippen molar-refractivity contribution >= 4 is 17.6 Å². The summed E-state index contributed by atoms with van der Waals surface area (Å²) in [4.78, 5) is 27.0. The molecule has 0 aliphatic carbocycles. The molecule has 2 N–H and O–H groups in total. The number of halogens is 2. The lowest BCUT2D eigenvalue weighted by Crippen LogP contribution is -2.36. The van der Waals surface area contributed by atoms with Crippen LogP contribution in [0.1, 0.15) is 5.69 Å². The van der Waals surface area contributed by atoms with Crippen molar-refractivity contribution in [1.29, 1.82) is 0 Å². The summed E-state index contributed by atoms with van der Waals surface area (Å²) in [6.45, 7) is 6.91. The molecule has 2 aromatic rings. The van der Waals surface area contributed by atoms with Gasteiger partial charge in [0.05, 0.1) is 6.54 Å². The van der Waals surface area contributed by atoms with E-state index in [2.05, 4.69) is 28.8 Å². The molecule has 0 fully saturated rings. The molecule has 1 aromatic carbocycles. The molecule has 0 aliphatic heterocycles. The third-order valence-corrected chi connectivity index (χ3v) is 3.43. The third kappa shape index (κ3) is 5.46. The molecule has 1 heterocycles. The molecule has 6 nitrogen and oxygen atoms in total. The molecule has 0 unspecified atom stereocenters. The van der Waals surface area contributed by atoms with Crippen LogP contribution in [-0.2, 0) is 14.3 Å². The Morgan fingerprint density at radius 3 is 2.33 bits per heavy atom. The zero-order valence-electron chi connectivity index (χ0n) is 14.5. The molecule has 0 bridgehead atoms. The molecular weight excluding hydrogens is 356 g/mol. The normalized spacial score (nSPS) is 10.0. The van der Waals surface area contributed by atoms with E-state index in [0.717, 1.165) is 6.07 Å². The second-order valence-corrected chi connectivity index (χ2v) is 5.39. The Bertz CT molecular complexity index is 875. The van der Waals surface area contributed by atoms with E-state index in [1.165, 1.54) is 31.4 Å². The van der Waals surface area contributed by atoms with E-state index in [0.29, 0.717) is 16.8 Å². The van der Waals surface area contributed by atoms with Crippen LogP contribution in [0.2, 0.25) is 0 Å². The molecule has 2 amide bonds. The number of carbonyl (C=O) groups is 2. The summed E-state index contributed by atoms with van der Waals surface area (Å²) in [5.74, 6) is -2.65. The Labute approximate surface area is 154 Å². The van der Waals surface area contributed by atoms with E-state index in [-0.39, 0.29) is 24.0 Å². The molecule has 0 radical (unpaired) electrons. The first-order valence-electron chi connectivity index (χ1n) is 7.77. The molecule has 27 heavy (non-hydrogen) atoms. The van der Waals surface area contributed by atoms with Crippen LogP contribution in [0.3, 0.4) is 0 Å². The molecule has 140 valence electrons. The van der Waals surface area contributed by atoms with Crippen molar-refractivity contribution in [2.75, 3.05) is 13.6 Å². The van der Waals surface area contributed by atoms with Crippen LogP contribution in [0.15, 0.2) is 55.4 Å². The maximum atomic E-state index is 13.3. The maximum Gasteiger partial charge on any atom is 0.286 e. The number of nitrogens with one attached hydrogen (secondary N) is 2. The second kappa shape index (κ2) is 8.70. The highest BCUT2D eigenvalue weighted by atomic mass is 19.1. The SMILES string of the molecule is C=C(OC(=C)c1ccc(-c2cc(F)cc(F)c2)cn1)C(=O)NCC(=O)NC. The highest BCUT2D eigenvalue weighted by Gasteiger charge is 2.13. The Kier molecular flexibility index (Phi) is 6.37. The number of nitrogens with zero attached hydrogens (tertiary/aromatic N) is 1. The van der Waals surface area contributed by atoms with Crippen LogP contribution >= 0.6 is 0 Å². The highest BCUT2D eigenvalue weighted by molar-refractivity contribution is 5.94. The minimum Gasteiger partial charge on any atom is -0.451 e. The monoisotopic (exact) mass is 373 g/mol. The fraction of sp³-hybridized carbons (Fsp3) is 0.105. The molecule has 2 rings (SSSR count). The number of benzene rings is 1. The Morgan fingerprint density at radius 1 is 1.11 bits per heavy atom. The summed E-state index contributed by atoms with van der Waals surface area (Å²) < 4.78 is 31.8. The first kappa shape index (κ1) is 19.8. The highest BCUT2D eigenvalue weighted by Crippen LogP contribution is 2.23. The predicted octanol–water partition coefficient (Wildman–Crippen LogP) is 2.39. The van der Waals surface area contributed by atoms with Gasteiger partial charge in [0, 0.05) is 24.9 Å². The van der Waals surface area contributed by atoms with Crippen molar-refractivity contribution in [2.24, 2.45) is 0 Å². The van der Waals surface area contributed by atoms with E-state index in [9.17, 15) is 18.4 Å². The number of rotatable bonds is 7. The minimum atomic E-state index is -0.694. The van der Waals surface area contributed by atoms with Gasteiger partial charge in [-0.2, -0.15) is 0 Å². The summed E-state index contributed by atoms with van der Waals surface area (Å²) >= 11 is 0. The number of pyridine rings is 1. The average Bonchev–Trinajstić information content (AvgIpc) is 2.64. The van der Waals surface area contributed by atoms with Crippen molar-refractivity contribution in [3.63, 3.8) is 0 Å². The fourth-order valence-electron chi connectivity index (χ4n) is 2.04. The molecule has 0 atom stereocenters. The average molecular weight is 373 g/mol. The number of amides is 2. The van der Waals surface area contributed by atoms with Gasteiger partial charge in [-0.15, -0.1) is 0 Å². The summed E-state index contributed by atoms with van der Waals surface area (Å²) in [6, 6.07) is 6.25. The van der Waals surface area contributed by atoms with Crippen LogP contribution in [0, 0.1) is 11.6 Å². The molecule has 0 saturated heterocycles. The minimum absolute atomic E-state index is 0.0482. The zero-order chi connectivity index (χ0) is 20.0. The summed E-state index contributed by atoms with van der Waals surface area (Å²) in [7, 11) is 1.44. The molecule has 0 aliphatic rings. The zero-order valence-corrected chi connectivity index (χ0v) is 14.5. The number of hydrogen-bond donors (Lipinski definition) is 2. The summed E-state index contributed by atoms with van der Waals surface area (Å²) in [5.41, 5.74) is 1.12. The van der Waals surface area contributed by atoms with Gasteiger partial charge in [0.2, 0.25) is 5.91 Å². The largest absolute Gasteiger partial charge is 0.451 e. The van der Waals surface area contributed by atoms with Crippen LogP contribution in [0.4, 0.5) is 8.78 Å². The lowest BCUT2D eigenvalue weighted by molar-refractivity contribution is -0.125. The second-order valence-electron chi connectivity index (χ2n) is 5.39. The summed E-state index contributed by atoms with van der Waals surface area (Å²) in [5, 5.41) is 4.68. The molecule has 0 spiro atoms. The van der Waals surface area contributed by atoms with Crippen molar-refractivity contribution in [3.8, 4) is 11.1 Å². The summed E-state index contributed by atoms with van der Waals surface area (Å²) in [6.07, 6.45) is 1.40. The first-order chi connectivity index (χ1) is 12.8. The molecule has 1 aromatic heterocycles. The van der Waals surface area contributed by atoms with Gasteiger partial charge >= 0.3 is 0 Å². The molecule has 0 saturated carbocycles. The molecular formula is C19H17F2N3O3. The predicted molar refractivity (Wildman–Crippen MR) is 95.9 cm³/mol. The van der Waals surface area contributed by atoms with Crippen LogP contribution in [0.5, 0.6) is 0 Å². The standard InChI is InChI=1S/C19H17F2N3O3/c1-11(27-12(2)19(26)24-10-18(25)22-3)17-5-4-13(9-23-17)14-6-15(20)8-16(21)7-14/h4-9H,1-2,10H2,3H3,(H,22,25)(H,24,26). The van der Waals surface area contributed by atoms with E-state index >= 15 is 0 Å². The number of aromatic nitrogens is 1. The van der Waals surface area contributed by atoms with Gasteiger partial charge in [0.15, 0.2) is 5.76 Å². The number of likely N-dealkylation sites (N-methyl/N-ethyl adjacent to an activating group) is 1. The Balaban J connectivity index is 2.02. The van der Waals surface area contributed by atoms with E-state index < -0.39 is 17.5 Å². The van der Waals surface area contributed by atoms with Crippen molar-refractivity contribution in [2.45, 2.75) is 0 Å². The van der Waals surface area contributed by atoms with Crippen molar-refractivity contribution < 1.29 is 23.1 Å². The maximum absolute atomic E-state index is 13.3. The van der Waals surface area contributed by atoms with E-state index in [1.54, 1.807) is 6.07 Å². The quantitative estimate of drug-likeness (QED) is 0.577. The van der Waals surface area contributed by atoms with Gasteiger partial charge in [0.25, 0.3) is 5.91 Å². The fourth-order valence-corrected chi connectivity index (χ4v) is 2.04. The number of hydrogen-bond acceptors (Lipinski definition) is 4.